The quantitative estimate of drug-likeness (QED) is 0.737. The number of aromatic nitrogens is 5. The molecule has 0 saturated heterocycles. The maximum absolute atomic E-state index is 12.9. The summed E-state index contributed by atoms with van der Waals surface area (Å²) in [6.07, 6.45) is 6.16. The summed E-state index contributed by atoms with van der Waals surface area (Å²) in [5, 5.41) is 12.5. The van der Waals surface area contributed by atoms with E-state index in [9.17, 15) is 4.79 Å². The number of nitrogens with one attached hydrogen (secondary N) is 1. The maximum Gasteiger partial charge on any atom is 0.257 e. The van der Waals surface area contributed by atoms with Crippen molar-refractivity contribution in [1.82, 2.24) is 24.5 Å². The van der Waals surface area contributed by atoms with Gasteiger partial charge in [0.25, 0.3) is 5.91 Å². The lowest BCUT2D eigenvalue weighted by molar-refractivity contribution is 0.102. The highest BCUT2D eigenvalue weighted by molar-refractivity contribution is 6.11. The van der Waals surface area contributed by atoms with Crippen LogP contribution in [0.4, 0.5) is 5.82 Å². The summed E-state index contributed by atoms with van der Waals surface area (Å²) in [5.41, 5.74) is 3.40. The molecule has 3 aromatic rings. The number of rotatable bonds is 6. The van der Waals surface area contributed by atoms with Gasteiger partial charge in [-0.3, -0.25) is 14.2 Å². The Labute approximate surface area is 152 Å². The van der Waals surface area contributed by atoms with Gasteiger partial charge in [-0.2, -0.15) is 10.2 Å². The van der Waals surface area contributed by atoms with Gasteiger partial charge in [0.2, 0.25) is 0 Å². The van der Waals surface area contributed by atoms with Crippen LogP contribution in [0, 0.1) is 6.92 Å². The molecule has 0 unspecified atom stereocenters. The molecule has 0 aromatic carbocycles. The van der Waals surface area contributed by atoms with Crippen molar-refractivity contribution < 1.29 is 4.79 Å². The van der Waals surface area contributed by atoms with Crippen LogP contribution >= 0.6 is 0 Å². The minimum atomic E-state index is -0.160. The topological polar surface area (TPSA) is 77.6 Å². The first-order valence-corrected chi connectivity index (χ1v) is 9.25. The molecule has 1 amide bonds. The fourth-order valence-electron chi connectivity index (χ4n) is 3.20. The van der Waals surface area contributed by atoms with Crippen LogP contribution in [0.5, 0.6) is 0 Å². The molecule has 0 bridgehead atoms. The van der Waals surface area contributed by atoms with Gasteiger partial charge in [-0.15, -0.1) is 0 Å². The molecule has 1 fully saturated rings. The van der Waals surface area contributed by atoms with E-state index >= 15 is 0 Å². The van der Waals surface area contributed by atoms with Crippen molar-refractivity contribution in [3.63, 3.8) is 0 Å². The lowest BCUT2D eigenvalue weighted by Crippen LogP contribution is -2.14. The minimum Gasteiger partial charge on any atom is -0.305 e. The minimum absolute atomic E-state index is 0.160. The molecule has 26 heavy (non-hydrogen) atoms. The Bertz CT molecular complexity index is 966. The second-order valence-corrected chi connectivity index (χ2v) is 7.08. The molecule has 7 heteroatoms. The zero-order valence-corrected chi connectivity index (χ0v) is 15.5. The van der Waals surface area contributed by atoms with Gasteiger partial charge in [-0.25, -0.2) is 4.98 Å². The van der Waals surface area contributed by atoms with Crippen LogP contribution < -0.4 is 5.32 Å². The van der Waals surface area contributed by atoms with Crippen LogP contribution in [0.3, 0.4) is 0 Å². The summed E-state index contributed by atoms with van der Waals surface area (Å²) in [7, 11) is 1.85. The number of aryl methyl sites for hydroxylation is 3. The number of fused-ring (bicyclic) bond motifs is 1. The van der Waals surface area contributed by atoms with E-state index in [4.69, 9.17) is 4.98 Å². The fraction of sp³-hybridized carbons (Fsp3) is 0.474. The van der Waals surface area contributed by atoms with Gasteiger partial charge in [0.15, 0.2) is 11.5 Å². The lowest BCUT2D eigenvalue weighted by atomic mass is 10.1. The van der Waals surface area contributed by atoms with Crippen LogP contribution in [-0.2, 0) is 13.6 Å². The predicted octanol–water partition coefficient (Wildman–Crippen LogP) is 3.40. The van der Waals surface area contributed by atoms with Crippen LogP contribution in [0.2, 0.25) is 0 Å². The Morgan fingerprint density at radius 2 is 2.15 bits per heavy atom. The molecule has 0 aliphatic heterocycles. The van der Waals surface area contributed by atoms with Crippen molar-refractivity contribution in [2.24, 2.45) is 7.05 Å². The molecule has 1 aliphatic rings. The number of carbonyl (C=O) groups is 1. The van der Waals surface area contributed by atoms with Crippen molar-refractivity contribution >= 4 is 22.8 Å². The van der Waals surface area contributed by atoms with E-state index in [0.29, 0.717) is 17.3 Å². The summed E-state index contributed by atoms with van der Waals surface area (Å²) in [4.78, 5) is 17.6. The van der Waals surface area contributed by atoms with E-state index in [2.05, 4.69) is 22.4 Å². The first-order valence-electron chi connectivity index (χ1n) is 9.25. The average molecular weight is 352 g/mol. The first-order chi connectivity index (χ1) is 12.6. The Hall–Kier alpha value is -2.70. The highest BCUT2D eigenvalue weighted by atomic mass is 16.1. The van der Waals surface area contributed by atoms with Gasteiger partial charge < -0.3 is 5.32 Å². The predicted molar refractivity (Wildman–Crippen MR) is 100 cm³/mol. The molecule has 3 heterocycles. The summed E-state index contributed by atoms with van der Waals surface area (Å²) in [6, 6.07) is 3.83. The number of anilines is 1. The second-order valence-electron chi connectivity index (χ2n) is 7.08. The maximum atomic E-state index is 12.9. The van der Waals surface area contributed by atoms with Crippen molar-refractivity contribution in [2.45, 2.75) is 52.0 Å². The van der Waals surface area contributed by atoms with Gasteiger partial charge in [0.05, 0.1) is 17.1 Å². The number of unbranched alkanes of at least 4 members (excludes halogenated alkanes) is 1. The van der Waals surface area contributed by atoms with Crippen molar-refractivity contribution in [3.05, 3.63) is 35.3 Å². The fourth-order valence-corrected chi connectivity index (χ4v) is 3.20. The molecular formula is C19H24N6O. The molecule has 1 aliphatic carbocycles. The molecule has 4 rings (SSSR count). The molecule has 136 valence electrons. The van der Waals surface area contributed by atoms with E-state index in [-0.39, 0.29) is 5.91 Å². The monoisotopic (exact) mass is 352 g/mol. The van der Waals surface area contributed by atoms with Crippen LogP contribution in [0.25, 0.3) is 11.0 Å². The number of pyridine rings is 1. The van der Waals surface area contributed by atoms with Crippen molar-refractivity contribution in [1.29, 1.82) is 0 Å². The SMILES string of the molecule is CCCCn1nc(NC(=O)c2cc(C3CC3)nc3c2cnn3C)cc1C. The Morgan fingerprint density at radius 3 is 2.88 bits per heavy atom. The number of carbonyl (C=O) groups excluding carboxylic acids is 1. The van der Waals surface area contributed by atoms with Gasteiger partial charge >= 0.3 is 0 Å². The zero-order valence-electron chi connectivity index (χ0n) is 15.5. The van der Waals surface area contributed by atoms with E-state index in [0.717, 1.165) is 54.6 Å². The average Bonchev–Trinajstić information content (AvgIpc) is 3.33. The molecular weight excluding hydrogens is 328 g/mol. The summed E-state index contributed by atoms with van der Waals surface area (Å²) in [6.45, 7) is 5.03. The van der Waals surface area contributed by atoms with Gasteiger partial charge in [0, 0.05) is 37.0 Å². The van der Waals surface area contributed by atoms with Crippen molar-refractivity contribution in [3.8, 4) is 0 Å². The highest BCUT2D eigenvalue weighted by Crippen LogP contribution is 2.40. The van der Waals surface area contributed by atoms with Gasteiger partial charge in [-0.1, -0.05) is 13.3 Å². The van der Waals surface area contributed by atoms with Gasteiger partial charge in [0.1, 0.15) is 0 Å². The van der Waals surface area contributed by atoms with Crippen LogP contribution in [0.1, 0.15) is 60.3 Å². The lowest BCUT2D eigenvalue weighted by Gasteiger charge is -2.07. The third kappa shape index (κ3) is 3.09. The summed E-state index contributed by atoms with van der Waals surface area (Å²) in [5.74, 6) is 0.897. The molecule has 7 nitrogen and oxygen atoms in total. The Kier molecular flexibility index (Phi) is 4.22. The van der Waals surface area contributed by atoms with Gasteiger partial charge in [-0.05, 0) is 32.3 Å². The number of nitrogens with zero attached hydrogens (tertiary/aromatic N) is 5. The van der Waals surface area contributed by atoms with Crippen LogP contribution in [0.15, 0.2) is 18.3 Å². The smallest absolute Gasteiger partial charge is 0.257 e. The molecule has 1 saturated carbocycles. The second kappa shape index (κ2) is 6.55. The van der Waals surface area contributed by atoms with E-state index < -0.39 is 0 Å². The van der Waals surface area contributed by atoms with E-state index in [1.165, 1.54) is 0 Å². The molecule has 0 spiro atoms. The van der Waals surface area contributed by atoms with Crippen LogP contribution in [-0.4, -0.2) is 30.5 Å². The Balaban J connectivity index is 1.64. The number of amides is 1. The standard InChI is InChI=1S/C19H24N6O/c1-4-5-8-25-12(2)9-17(23-25)22-19(26)14-10-16(13-6-7-13)21-18-15(14)11-20-24(18)3/h9-11,13H,4-8H2,1-3H3,(H,22,23,26). The normalized spacial score (nSPS) is 14.1. The van der Waals surface area contributed by atoms with E-state index in [1.54, 1.807) is 10.9 Å². The van der Waals surface area contributed by atoms with Crippen molar-refractivity contribution in [2.75, 3.05) is 5.32 Å². The number of hydrogen-bond donors (Lipinski definition) is 1. The molecule has 3 aromatic heterocycles. The summed E-state index contributed by atoms with van der Waals surface area (Å²) < 4.78 is 3.67. The third-order valence-electron chi connectivity index (χ3n) is 4.91. The molecule has 0 radical (unpaired) electrons. The zero-order chi connectivity index (χ0) is 18.3. The highest BCUT2D eigenvalue weighted by Gasteiger charge is 2.28. The third-order valence-corrected chi connectivity index (χ3v) is 4.91. The number of hydrogen-bond acceptors (Lipinski definition) is 4. The largest absolute Gasteiger partial charge is 0.305 e. The molecule has 1 N–H and O–H groups in total. The Morgan fingerprint density at radius 1 is 1.35 bits per heavy atom. The van der Waals surface area contributed by atoms with E-state index in [1.807, 2.05) is 30.8 Å². The summed E-state index contributed by atoms with van der Waals surface area (Å²) >= 11 is 0. The first kappa shape index (κ1) is 16.8. The molecule has 0 atom stereocenters.